The normalized spacial score (nSPS) is 20.0. The van der Waals surface area contributed by atoms with Crippen molar-refractivity contribution in [2.24, 2.45) is 0 Å². The van der Waals surface area contributed by atoms with Crippen molar-refractivity contribution in [3.05, 3.63) is 29.8 Å². The molecule has 168 valence electrons. The number of hydrogen-bond acceptors (Lipinski definition) is 5. The third-order valence-electron chi connectivity index (χ3n) is 6.12. The van der Waals surface area contributed by atoms with Gasteiger partial charge in [-0.15, -0.1) is 0 Å². The Labute approximate surface area is 182 Å². The molecule has 2 aliphatic rings. The smallest absolute Gasteiger partial charge is 0.354 e. The molecule has 1 aromatic carbocycles. The molecule has 8 nitrogen and oxygen atoms in total. The molecule has 1 aromatic rings. The van der Waals surface area contributed by atoms with E-state index in [0.717, 1.165) is 19.3 Å². The molecule has 31 heavy (non-hydrogen) atoms. The standard InChI is InChI=1S/C23H31N3O5/c1-4-7-14-25-21(29)17-10-8-9-11-18(17)26-20(28)12-13-23(25,26)22(30)31-15-19(27)24-16(5-2)6-3/h8-11,16H,4-7,12-15H2,1-3H3,(H,24,27)/t23-/m0/s1. The first-order valence-electron chi connectivity index (χ1n) is 11.1. The van der Waals surface area contributed by atoms with Gasteiger partial charge < -0.3 is 15.0 Å². The molecule has 1 atom stereocenters. The Morgan fingerprint density at radius 2 is 1.87 bits per heavy atom. The van der Waals surface area contributed by atoms with Crippen molar-refractivity contribution in [2.75, 3.05) is 18.1 Å². The van der Waals surface area contributed by atoms with E-state index in [4.69, 9.17) is 4.74 Å². The third-order valence-corrected chi connectivity index (χ3v) is 6.12. The molecule has 3 rings (SSSR count). The quantitative estimate of drug-likeness (QED) is 0.609. The van der Waals surface area contributed by atoms with Crippen molar-refractivity contribution in [3.63, 3.8) is 0 Å². The maximum absolute atomic E-state index is 13.4. The average molecular weight is 430 g/mol. The lowest BCUT2D eigenvalue weighted by Gasteiger charge is -2.48. The molecule has 0 spiro atoms. The highest BCUT2D eigenvalue weighted by Crippen LogP contribution is 2.45. The van der Waals surface area contributed by atoms with Gasteiger partial charge in [-0.2, -0.15) is 0 Å². The maximum atomic E-state index is 13.4. The van der Waals surface area contributed by atoms with Crippen LogP contribution in [-0.2, 0) is 19.1 Å². The lowest BCUT2D eigenvalue weighted by atomic mass is 9.96. The zero-order valence-corrected chi connectivity index (χ0v) is 18.5. The van der Waals surface area contributed by atoms with Crippen molar-refractivity contribution in [2.45, 2.75) is 71.0 Å². The number of nitrogens with zero attached hydrogens (tertiary/aromatic N) is 2. The molecule has 3 amide bonds. The van der Waals surface area contributed by atoms with Gasteiger partial charge in [-0.25, -0.2) is 4.79 Å². The van der Waals surface area contributed by atoms with Crippen LogP contribution in [0.2, 0.25) is 0 Å². The van der Waals surface area contributed by atoms with Gasteiger partial charge in [-0.3, -0.25) is 19.3 Å². The number of rotatable bonds is 9. The molecule has 0 unspecified atom stereocenters. The van der Waals surface area contributed by atoms with Crippen molar-refractivity contribution in [3.8, 4) is 0 Å². The van der Waals surface area contributed by atoms with Crippen molar-refractivity contribution in [1.29, 1.82) is 0 Å². The molecule has 8 heteroatoms. The lowest BCUT2D eigenvalue weighted by Crippen LogP contribution is -2.68. The maximum Gasteiger partial charge on any atom is 0.354 e. The number of para-hydroxylation sites is 1. The predicted octanol–water partition coefficient (Wildman–Crippen LogP) is 2.61. The second-order valence-electron chi connectivity index (χ2n) is 8.03. The zero-order valence-electron chi connectivity index (χ0n) is 18.5. The molecule has 2 heterocycles. The molecular weight excluding hydrogens is 398 g/mol. The Morgan fingerprint density at radius 1 is 1.16 bits per heavy atom. The number of fused-ring (bicyclic) bond motifs is 3. The molecule has 0 aliphatic carbocycles. The molecular formula is C23H31N3O5. The summed E-state index contributed by atoms with van der Waals surface area (Å²) in [6.07, 6.45) is 3.32. The molecule has 1 fully saturated rings. The first-order valence-corrected chi connectivity index (χ1v) is 11.1. The van der Waals surface area contributed by atoms with Gasteiger partial charge in [0.1, 0.15) is 0 Å². The van der Waals surface area contributed by atoms with Crippen LogP contribution in [0.3, 0.4) is 0 Å². The van der Waals surface area contributed by atoms with Crippen molar-refractivity contribution >= 4 is 29.4 Å². The summed E-state index contributed by atoms with van der Waals surface area (Å²) in [5.74, 6) is -1.66. The van der Waals surface area contributed by atoms with Gasteiger partial charge in [0.25, 0.3) is 11.8 Å². The SMILES string of the molecule is CCCCN1C(=O)c2ccccc2N2C(=O)CC[C@]12C(=O)OCC(=O)NC(CC)CC. The highest BCUT2D eigenvalue weighted by molar-refractivity contribution is 6.15. The summed E-state index contributed by atoms with van der Waals surface area (Å²) in [7, 11) is 0. The minimum Gasteiger partial charge on any atom is -0.452 e. The van der Waals surface area contributed by atoms with Crippen LogP contribution in [0.15, 0.2) is 24.3 Å². The summed E-state index contributed by atoms with van der Waals surface area (Å²) in [6, 6.07) is 6.83. The molecule has 0 radical (unpaired) electrons. The first kappa shape index (κ1) is 22.8. The Kier molecular flexibility index (Phi) is 6.97. The number of amides is 3. The number of nitrogens with one attached hydrogen (secondary N) is 1. The van der Waals surface area contributed by atoms with Gasteiger partial charge in [0, 0.05) is 25.4 Å². The van der Waals surface area contributed by atoms with Gasteiger partial charge in [0.2, 0.25) is 11.6 Å². The van der Waals surface area contributed by atoms with E-state index in [2.05, 4.69) is 5.32 Å². The Bertz CT molecular complexity index is 867. The Morgan fingerprint density at radius 3 is 2.55 bits per heavy atom. The first-order chi connectivity index (χ1) is 14.9. The summed E-state index contributed by atoms with van der Waals surface area (Å²) in [5, 5.41) is 2.83. The second-order valence-corrected chi connectivity index (χ2v) is 8.03. The van der Waals surface area contributed by atoms with E-state index in [0.29, 0.717) is 24.2 Å². The van der Waals surface area contributed by atoms with Gasteiger partial charge in [0.05, 0.1) is 11.3 Å². The number of esters is 1. The minimum absolute atomic E-state index is 0.0121. The van der Waals surface area contributed by atoms with E-state index in [1.807, 2.05) is 20.8 Å². The number of benzene rings is 1. The number of ether oxygens (including phenoxy) is 1. The van der Waals surface area contributed by atoms with Gasteiger partial charge in [-0.05, 0) is 31.4 Å². The molecule has 1 N–H and O–H groups in total. The predicted molar refractivity (Wildman–Crippen MR) is 115 cm³/mol. The van der Waals surface area contributed by atoms with Gasteiger partial charge in [-0.1, -0.05) is 39.3 Å². The highest BCUT2D eigenvalue weighted by Gasteiger charge is 2.61. The summed E-state index contributed by atoms with van der Waals surface area (Å²) in [5.41, 5.74) is -0.739. The van der Waals surface area contributed by atoms with Crippen LogP contribution in [0, 0.1) is 0 Å². The van der Waals surface area contributed by atoms with E-state index in [1.54, 1.807) is 24.3 Å². The second kappa shape index (κ2) is 9.49. The van der Waals surface area contributed by atoms with Crippen LogP contribution in [-0.4, -0.2) is 53.4 Å². The van der Waals surface area contributed by atoms with E-state index in [-0.39, 0.29) is 30.7 Å². The van der Waals surface area contributed by atoms with Crippen LogP contribution in [0.5, 0.6) is 0 Å². The summed E-state index contributed by atoms with van der Waals surface area (Å²) in [6.45, 7) is 5.81. The number of unbranched alkanes of at least 4 members (excludes halogenated alkanes) is 1. The fraction of sp³-hybridized carbons (Fsp3) is 0.565. The number of anilines is 1. The Balaban J connectivity index is 1.92. The minimum atomic E-state index is -1.55. The van der Waals surface area contributed by atoms with Gasteiger partial charge in [0.15, 0.2) is 6.61 Å². The zero-order chi connectivity index (χ0) is 22.6. The molecule has 2 aliphatic heterocycles. The van der Waals surface area contributed by atoms with Crippen LogP contribution < -0.4 is 10.2 Å². The van der Waals surface area contributed by atoms with E-state index in [1.165, 1.54) is 9.80 Å². The third kappa shape index (κ3) is 4.03. The molecule has 1 saturated heterocycles. The molecule has 0 aromatic heterocycles. The molecule has 0 saturated carbocycles. The largest absolute Gasteiger partial charge is 0.452 e. The van der Waals surface area contributed by atoms with E-state index < -0.39 is 24.1 Å². The Hall–Kier alpha value is -2.90. The van der Waals surface area contributed by atoms with Crippen molar-refractivity contribution in [1.82, 2.24) is 10.2 Å². The highest BCUT2D eigenvalue weighted by atomic mass is 16.5. The van der Waals surface area contributed by atoms with Crippen LogP contribution in [0.4, 0.5) is 5.69 Å². The fourth-order valence-corrected chi connectivity index (χ4v) is 4.38. The van der Waals surface area contributed by atoms with Crippen LogP contribution >= 0.6 is 0 Å². The number of carbonyl (C=O) groups is 4. The summed E-state index contributed by atoms with van der Waals surface area (Å²) in [4.78, 5) is 54.8. The van der Waals surface area contributed by atoms with E-state index in [9.17, 15) is 19.2 Å². The monoisotopic (exact) mass is 429 g/mol. The van der Waals surface area contributed by atoms with Crippen LogP contribution in [0.25, 0.3) is 0 Å². The average Bonchev–Trinajstić information content (AvgIpc) is 3.14. The topological polar surface area (TPSA) is 96.0 Å². The van der Waals surface area contributed by atoms with Crippen molar-refractivity contribution < 1.29 is 23.9 Å². The van der Waals surface area contributed by atoms with Gasteiger partial charge >= 0.3 is 5.97 Å². The van der Waals surface area contributed by atoms with Crippen LogP contribution in [0.1, 0.15) is 69.7 Å². The fourth-order valence-electron chi connectivity index (χ4n) is 4.38. The number of hydrogen-bond donors (Lipinski definition) is 1. The molecule has 0 bridgehead atoms. The summed E-state index contributed by atoms with van der Waals surface area (Å²) >= 11 is 0. The summed E-state index contributed by atoms with van der Waals surface area (Å²) < 4.78 is 5.42. The van der Waals surface area contributed by atoms with E-state index >= 15 is 0 Å². The number of carbonyl (C=O) groups excluding carboxylic acids is 4. The lowest BCUT2D eigenvalue weighted by molar-refractivity contribution is -0.160.